The van der Waals surface area contributed by atoms with Gasteiger partial charge in [-0.25, -0.2) is 9.97 Å². The molecule has 0 aliphatic heterocycles. The molecule has 2 aromatic rings. The van der Waals surface area contributed by atoms with Crippen molar-refractivity contribution in [3.05, 3.63) is 29.5 Å². The molecule has 1 amide bonds. The predicted octanol–water partition coefficient (Wildman–Crippen LogP) is 2.86. The smallest absolute Gasteiger partial charge is 0.224 e. The van der Waals surface area contributed by atoms with E-state index in [9.17, 15) is 4.79 Å². The number of hydrogen-bond acceptors (Lipinski definition) is 4. The Morgan fingerprint density at radius 3 is 2.81 bits per heavy atom. The third-order valence-corrected chi connectivity index (χ3v) is 3.10. The SMILES string of the molecule is CC(C)CNC(=O)CCNc1nc(Cl)nc2ccccc12. The van der Waals surface area contributed by atoms with Gasteiger partial charge in [0.1, 0.15) is 5.82 Å². The van der Waals surface area contributed by atoms with Crippen molar-refractivity contribution >= 4 is 34.2 Å². The summed E-state index contributed by atoms with van der Waals surface area (Å²) in [5, 5.41) is 7.12. The molecule has 21 heavy (non-hydrogen) atoms. The molecule has 5 nitrogen and oxygen atoms in total. The van der Waals surface area contributed by atoms with Crippen LogP contribution in [0.5, 0.6) is 0 Å². The van der Waals surface area contributed by atoms with Crippen molar-refractivity contribution in [2.24, 2.45) is 5.92 Å². The topological polar surface area (TPSA) is 66.9 Å². The van der Waals surface area contributed by atoms with Gasteiger partial charge in [-0.3, -0.25) is 4.79 Å². The summed E-state index contributed by atoms with van der Waals surface area (Å²) in [7, 11) is 0. The lowest BCUT2D eigenvalue weighted by Gasteiger charge is -2.10. The van der Waals surface area contributed by atoms with Gasteiger partial charge in [0.15, 0.2) is 0 Å². The second kappa shape index (κ2) is 7.22. The molecule has 1 heterocycles. The number of benzene rings is 1. The number of fused-ring (bicyclic) bond motifs is 1. The van der Waals surface area contributed by atoms with Crippen molar-refractivity contribution < 1.29 is 4.79 Å². The highest BCUT2D eigenvalue weighted by Gasteiger charge is 2.07. The van der Waals surface area contributed by atoms with E-state index in [1.165, 1.54) is 0 Å². The van der Waals surface area contributed by atoms with Gasteiger partial charge in [0.25, 0.3) is 0 Å². The summed E-state index contributed by atoms with van der Waals surface area (Å²) >= 11 is 5.91. The zero-order valence-electron chi connectivity index (χ0n) is 12.2. The first-order valence-electron chi connectivity index (χ1n) is 6.99. The third kappa shape index (κ3) is 4.56. The van der Waals surface area contributed by atoms with Crippen LogP contribution in [0.25, 0.3) is 10.9 Å². The minimum atomic E-state index is 0.0284. The number of carbonyl (C=O) groups excluding carboxylic acids is 1. The first-order chi connectivity index (χ1) is 10.1. The van der Waals surface area contributed by atoms with Crippen LogP contribution in [0.4, 0.5) is 5.82 Å². The van der Waals surface area contributed by atoms with Gasteiger partial charge in [0.2, 0.25) is 11.2 Å². The van der Waals surface area contributed by atoms with Crippen molar-refractivity contribution in [2.75, 3.05) is 18.4 Å². The lowest BCUT2D eigenvalue weighted by atomic mass is 10.2. The van der Waals surface area contributed by atoms with E-state index in [4.69, 9.17) is 11.6 Å². The highest BCUT2D eigenvalue weighted by Crippen LogP contribution is 2.21. The quantitative estimate of drug-likeness (QED) is 0.805. The van der Waals surface area contributed by atoms with Crippen molar-refractivity contribution in [3.63, 3.8) is 0 Å². The molecule has 0 aliphatic rings. The minimum Gasteiger partial charge on any atom is -0.369 e. The summed E-state index contributed by atoms with van der Waals surface area (Å²) in [5.41, 5.74) is 0.782. The van der Waals surface area contributed by atoms with Crippen molar-refractivity contribution in [1.29, 1.82) is 0 Å². The monoisotopic (exact) mass is 306 g/mol. The number of halogens is 1. The lowest BCUT2D eigenvalue weighted by Crippen LogP contribution is -2.28. The molecule has 0 atom stereocenters. The second-order valence-electron chi connectivity index (χ2n) is 5.23. The Hall–Kier alpha value is -1.88. The maximum atomic E-state index is 11.7. The maximum Gasteiger partial charge on any atom is 0.224 e. The molecule has 2 rings (SSSR count). The summed E-state index contributed by atoms with van der Waals surface area (Å²) < 4.78 is 0. The number of carbonyl (C=O) groups is 1. The molecule has 0 aliphatic carbocycles. The van der Waals surface area contributed by atoms with E-state index in [0.717, 1.165) is 10.9 Å². The van der Waals surface area contributed by atoms with Crippen LogP contribution < -0.4 is 10.6 Å². The van der Waals surface area contributed by atoms with Crippen LogP contribution in [-0.4, -0.2) is 29.0 Å². The second-order valence-corrected chi connectivity index (χ2v) is 5.57. The van der Waals surface area contributed by atoms with Gasteiger partial charge in [-0.2, -0.15) is 0 Å². The van der Waals surface area contributed by atoms with Gasteiger partial charge in [-0.05, 0) is 29.7 Å². The van der Waals surface area contributed by atoms with Crippen molar-refractivity contribution in [3.8, 4) is 0 Å². The van der Waals surface area contributed by atoms with E-state index >= 15 is 0 Å². The van der Waals surface area contributed by atoms with Crippen LogP contribution in [0.2, 0.25) is 5.28 Å². The van der Waals surface area contributed by atoms with Gasteiger partial charge >= 0.3 is 0 Å². The Kier molecular flexibility index (Phi) is 5.33. The average Bonchev–Trinajstić information content (AvgIpc) is 2.45. The molecule has 112 valence electrons. The lowest BCUT2D eigenvalue weighted by molar-refractivity contribution is -0.120. The molecule has 0 spiro atoms. The first kappa shape index (κ1) is 15.5. The zero-order chi connectivity index (χ0) is 15.2. The molecule has 0 saturated carbocycles. The molecule has 0 unspecified atom stereocenters. The summed E-state index contributed by atoms with van der Waals surface area (Å²) in [4.78, 5) is 20.0. The Morgan fingerprint density at radius 2 is 2.05 bits per heavy atom. The van der Waals surface area contributed by atoms with Crippen LogP contribution in [0.1, 0.15) is 20.3 Å². The largest absolute Gasteiger partial charge is 0.369 e. The van der Waals surface area contributed by atoms with Crippen LogP contribution in [0.3, 0.4) is 0 Å². The molecule has 0 saturated heterocycles. The Bertz CT molecular complexity index is 630. The molecular formula is C15H19ClN4O. The van der Waals surface area contributed by atoms with Gasteiger partial charge in [-0.15, -0.1) is 0 Å². The average molecular weight is 307 g/mol. The fourth-order valence-corrected chi connectivity index (χ4v) is 2.06. The molecule has 6 heteroatoms. The molecule has 0 fully saturated rings. The van der Waals surface area contributed by atoms with E-state index in [1.807, 2.05) is 24.3 Å². The molecule has 2 N–H and O–H groups in total. The van der Waals surface area contributed by atoms with Crippen LogP contribution >= 0.6 is 11.6 Å². The molecular weight excluding hydrogens is 288 g/mol. The number of nitrogens with one attached hydrogen (secondary N) is 2. The standard InChI is InChI=1S/C15H19ClN4O/c1-10(2)9-18-13(21)7-8-17-14-11-5-3-4-6-12(11)19-15(16)20-14/h3-6,10H,7-9H2,1-2H3,(H,18,21)(H,17,19,20). The van der Waals surface area contributed by atoms with Crippen molar-refractivity contribution in [2.45, 2.75) is 20.3 Å². The molecule has 0 bridgehead atoms. The number of hydrogen-bond donors (Lipinski definition) is 2. The number of aromatic nitrogens is 2. The van der Waals surface area contributed by atoms with Gasteiger partial charge in [0.05, 0.1) is 5.52 Å². The highest BCUT2D eigenvalue weighted by atomic mass is 35.5. The Balaban J connectivity index is 1.96. The maximum absolute atomic E-state index is 11.7. The van der Waals surface area contributed by atoms with Gasteiger partial charge < -0.3 is 10.6 Å². The zero-order valence-corrected chi connectivity index (χ0v) is 12.9. The summed E-state index contributed by atoms with van der Waals surface area (Å²) in [6.45, 7) is 5.32. The van der Waals surface area contributed by atoms with E-state index in [2.05, 4.69) is 34.4 Å². The summed E-state index contributed by atoms with van der Waals surface area (Å²) in [6.07, 6.45) is 0.392. The van der Waals surface area contributed by atoms with Gasteiger partial charge in [0, 0.05) is 24.9 Å². The van der Waals surface area contributed by atoms with E-state index < -0.39 is 0 Å². The minimum absolute atomic E-state index is 0.0284. The highest BCUT2D eigenvalue weighted by molar-refractivity contribution is 6.28. The number of amides is 1. The number of nitrogens with zero attached hydrogens (tertiary/aromatic N) is 2. The van der Waals surface area contributed by atoms with Crippen LogP contribution in [0.15, 0.2) is 24.3 Å². The normalized spacial score (nSPS) is 10.9. The van der Waals surface area contributed by atoms with E-state index in [0.29, 0.717) is 31.2 Å². The Morgan fingerprint density at radius 1 is 1.29 bits per heavy atom. The number of anilines is 1. The molecule has 0 radical (unpaired) electrons. The molecule has 1 aromatic heterocycles. The number of para-hydroxylation sites is 1. The van der Waals surface area contributed by atoms with E-state index in [1.54, 1.807) is 0 Å². The summed E-state index contributed by atoms with van der Waals surface area (Å²) in [6, 6.07) is 7.62. The van der Waals surface area contributed by atoms with Crippen molar-refractivity contribution in [1.82, 2.24) is 15.3 Å². The van der Waals surface area contributed by atoms with Gasteiger partial charge in [-0.1, -0.05) is 26.0 Å². The predicted molar refractivity (Wildman–Crippen MR) is 85.5 cm³/mol. The van der Waals surface area contributed by atoms with Crippen LogP contribution in [-0.2, 0) is 4.79 Å². The summed E-state index contributed by atoms with van der Waals surface area (Å²) in [5.74, 6) is 1.13. The third-order valence-electron chi connectivity index (χ3n) is 2.93. The fraction of sp³-hybridized carbons (Fsp3) is 0.400. The van der Waals surface area contributed by atoms with E-state index in [-0.39, 0.29) is 11.2 Å². The first-order valence-corrected chi connectivity index (χ1v) is 7.37. The number of rotatable bonds is 6. The fourth-order valence-electron chi connectivity index (χ4n) is 1.88. The Labute approximate surface area is 129 Å². The molecule has 1 aromatic carbocycles. The van der Waals surface area contributed by atoms with Crippen LogP contribution in [0, 0.1) is 5.92 Å².